The maximum Gasteiger partial charge on any atom is 0.114 e. The molecule has 0 saturated heterocycles. The monoisotopic (exact) mass is 245 g/mol. The van der Waals surface area contributed by atoms with Gasteiger partial charge in [0.25, 0.3) is 0 Å². The van der Waals surface area contributed by atoms with E-state index in [1.54, 1.807) is 0 Å². The van der Waals surface area contributed by atoms with Crippen LogP contribution in [-0.2, 0) is 5.41 Å². The summed E-state index contributed by atoms with van der Waals surface area (Å²) < 4.78 is 0. The van der Waals surface area contributed by atoms with E-state index in [9.17, 15) is 0 Å². The quantitative estimate of drug-likeness (QED) is 0.869. The number of fused-ring (bicyclic) bond motifs is 1. The summed E-state index contributed by atoms with van der Waals surface area (Å²) in [5.41, 5.74) is 10.7. The molecule has 0 aliphatic rings. The molecule has 0 atom stereocenters. The number of hydrogen-bond donors (Lipinski definition) is 2. The van der Waals surface area contributed by atoms with Crippen LogP contribution in [0.3, 0.4) is 0 Å². The third kappa shape index (κ3) is 1.93. The molecule has 2 aromatic rings. The predicted octanol–water partition coefficient (Wildman–Crippen LogP) is 3.20. The van der Waals surface area contributed by atoms with Gasteiger partial charge >= 0.3 is 0 Å². The van der Waals surface area contributed by atoms with Crippen LogP contribution in [0, 0.1) is 13.8 Å². The van der Waals surface area contributed by atoms with Gasteiger partial charge in [-0.1, -0.05) is 19.9 Å². The van der Waals surface area contributed by atoms with E-state index < -0.39 is 0 Å². The number of aromatic amines is 1. The molecule has 18 heavy (non-hydrogen) atoms. The molecule has 0 amide bonds. The maximum atomic E-state index is 5.99. The molecule has 0 spiro atoms. The fraction of sp³-hybridized carbons (Fsp3) is 0.533. The number of nitrogens with two attached hydrogens (primary N) is 1. The molecule has 0 bridgehead atoms. The molecule has 98 valence electrons. The zero-order chi connectivity index (χ0) is 13.3. The van der Waals surface area contributed by atoms with Gasteiger partial charge in [-0.05, 0) is 43.9 Å². The number of aryl methyl sites for hydroxylation is 2. The largest absolute Gasteiger partial charge is 0.341 e. The van der Waals surface area contributed by atoms with Gasteiger partial charge in [0.15, 0.2) is 0 Å². The average Bonchev–Trinajstić information content (AvgIpc) is 2.77. The molecule has 1 heterocycles. The number of H-pyrrole nitrogens is 1. The van der Waals surface area contributed by atoms with Gasteiger partial charge < -0.3 is 10.7 Å². The van der Waals surface area contributed by atoms with Crippen molar-refractivity contribution in [3.8, 4) is 0 Å². The van der Waals surface area contributed by atoms with Crippen LogP contribution in [0.4, 0.5) is 0 Å². The molecule has 3 nitrogen and oxygen atoms in total. The van der Waals surface area contributed by atoms with Crippen LogP contribution in [0.5, 0.6) is 0 Å². The highest BCUT2D eigenvalue weighted by Crippen LogP contribution is 2.30. The molecule has 2 rings (SSSR count). The van der Waals surface area contributed by atoms with E-state index in [2.05, 4.69) is 44.8 Å². The Morgan fingerprint density at radius 1 is 1.22 bits per heavy atom. The topological polar surface area (TPSA) is 54.7 Å². The smallest absolute Gasteiger partial charge is 0.114 e. The second-order valence-electron chi connectivity index (χ2n) is 5.25. The highest BCUT2D eigenvalue weighted by Gasteiger charge is 2.30. The van der Waals surface area contributed by atoms with E-state index in [1.165, 1.54) is 11.1 Å². The summed E-state index contributed by atoms with van der Waals surface area (Å²) in [5.74, 6) is 1.04. The van der Waals surface area contributed by atoms with Gasteiger partial charge in [-0.15, -0.1) is 0 Å². The Morgan fingerprint density at radius 3 is 2.44 bits per heavy atom. The van der Waals surface area contributed by atoms with E-state index in [0.717, 1.165) is 29.7 Å². The summed E-state index contributed by atoms with van der Waals surface area (Å²) in [6.45, 7) is 9.23. The first-order valence-electron chi connectivity index (χ1n) is 6.74. The molecule has 0 radical (unpaired) electrons. The molecule has 0 fully saturated rings. The third-order valence-corrected chi connectivity index (χ3v) is 4.17. The van der Waals surface area contributed by atoms with Crippen molar-refractivity contribution < 1.29 is 0 Å². The van der Waals surface area contributed by atoms with Gasteiger partial charge in [0.2, 0.25) is 0 Å². The van der Waals surface area contributed by atoms with Crippen LogP contribution in [0.1, 0.15) is 43.6 Å². The fourth-order valence-electron chi connectivity index (χ4n) is 2.69. The van der Waals surface area contributed by atoms with Gasteiger partial charge in [0, 0.05) is 12.0 Å². The van der Waals surface area contributed by atoms with Crippen LogP contribution in [0.25, 0.3) is 11.0 Å². The molecule has 3 N–H and O–H groups in total. The normalized spacial score (nSPS) is 12.3. The minimum Gasteiger partial charge on any atom is -0.341 e. The molecule has 0 unspecified atom stereocenters. The number of aromatic nitrogens is 2. The number of benzene rings is 1. The Hall–Kier alpha value is -1.35. The van der Waals surface area contributed by atoms with Crippen molar-refractivity contribution in [3.05, 3.63) is 29.1 Å². The van der Waals surface area contributed by atoms with Gasteiger partial charge in [-0.2, -0.15) is 0 Å². The molecule has 0 saturated carbocycles. The van der Waals surface area contributed by atoms with Gasteiger partial charge in [-0.3, -0.25) is 0 Å². The fourth-order valence-corrected chi connectivity index (χ4v) is 2.69. The summed E-state index contributed by atoms with van der Waals surface area (Å²) >= 11 is 0. The second-order valence-corrected chi connectivity index (χ2v) is 5.25. The van der Waals surface area contributed by atoms with Crippen molar-refractivity contribution in [1.82, 2.24) is 9.97 Å². The Labute approximate surface area is 109 Å². The SMILES string of the molecule is CCC(CC)(CN)c1nc2c(C)cc(C)cc2[nH]1. The van der Waals surface area contributed by atoms with Crippen molar-refractivity contribution in [1.29, 1.82) is 0 Å². The van der Waals surface area contributed by atoms with Crippen molar-refractivity contribution in [2.45, 2.75) is 46.0 Å². The molecule has 1 aromatic heterocycles. The maximum absolute atomic E-state index is 5.99. The molecule has 0 aliphatic heterocycles. The number of nitrogens with zero attached hydrogens (tertiary/aromatic N) is 1. The van der Waals surface area contributed by atoms with Gasteiger partial charge in [0.1, 0.15) is 5.82 Å². The number of hydrogen-bond acceptors (Lipinski definition) is 2. The van der Waals surface area contributed by atoms with E-state index in [-0.39, 0.29) is 5.41 Å². The predicted molar refractivity (Wildman–Crippen MR) is 76.9 cm³/mol. The first kappa shape index (κ1) is 13.1. The summed E-state index contributed by atoms with van der Waals surface area (Å²) in [6, 6.07) is 4.33. The Morgan fingerprint density at radius 2 is 1.89 bits per heavy atom. The molecule has 0 aliphatic carbocycles. The van der Waals surface area contributed by atoms with Crippen molar-refractivity contribution in [3.63, 3.8) is 0 Å². The van der Waals surface area contributed by atoms with Crippen LogP contribution in [0.2, 0.25) is 0 Å². The van der Waals surface area contributed by atoms with Crippen molar-refractivity contribution >= 4 is 11.0 Å². The van der Waals surface area contributed by atoms with Crippen LogP contribution < -0.4 is 5.73 Å². The lowest BCUT2D eigenvalue weighted by Crippen LogP contribution is -2.35. The van der Waals surface area contributed by atoms with Crippen LogP contribution >= 0.6 is 0 Å². The summed E-state index contributed by atoms with van der Waals surface area (Å²) in [5, 5.41) is 0. The van der Waals surface area contributed by atoms with E-state index in [0.29, 0.717) is 6.54 Å². The third-order valence-electron chi connectivity index (χ3n) is 4.17. The zero-order valence-electron chi connectivity index (χ0n) is 11.8. The Kier molecular flexibility index (Phi) is 3.44. The van der Waals surface area contributed by atoms with Crippen molar-refractivity contribution in [2.24, 2.45) is 5.73 Å². The number of rotatable bonds is 4. The first-order valence-corrected chi connectivity index (χ1v) is 6.74. The Balaban J connectivity index is 2.63. The minimum atomic E-state index is -0.0145. The Bertz CT molecular complexity index is 542. The summed E-state index contributed by atoms with van der Waals surface area (Å²) in [7, 11) is 0. The summed E-state index contributed by atoms with van der Waals surface area (Å²) in [6.07, 6.45) is 2.02. The number of imidazole rings is 1. The summed E-state index contributed by atoms with van der Waals surface area (Å²) in [4.78, 5) is 8.28. The number of nitrogens with one attached hydrogen (secondary N) is 1. The lowest BCUT2D eigenvalue weighted by atomic mass is 9.82. The lowest BCUT2D eigenvalue weighted by Gasteiger charge is -2.27. The minimum absolute atomic E-state index is 0.0145. The van der Waals surface area contributed by atoms with Crippen LogP contribution in [0.15, 0.2) is 12.1 Å². The van der Waals surface area contributed by atoms with E-state index in [4.69, 9.17) is 10.7 Å². The van der Waals surface area contributed by atoms with Gasteiger partial charge in [0.05, 0.1) is 11.0 Å². The molecular formula is C15H23N3. The average molecular weight is 245 g/mol. The zero-order valence-corrected chi connectivity index (χ0v) is 11.8. The van der Waals surface area contributed by atoms with Crippen LogP contribution in [-0.4, -0.2) is 16.5 Å². The highest BCUT2D eigenvalue weighted by molar-refractivity contribution is 5.79. The highest BCUT2D eigenvalue weighted by atomic mass is 15.0. The van der Waals surface area contributed by atoms with E-state index >= 15 is 0 Å². The van der Waals surface area contributed by atoms with E-state index in [1.807, 2.05) is 0 Å². The molecule has 1 aromatic carbocycles. The standard InChI is InChI=1S/C15H23N3/c1-5-15(6-2,9-16)14-17-12-8-10(3)7-11(4)13(12)18-14/h7-8H,5-6,9,16H2,1-4H3,(H,17,18). The first-order chi connectivity index (χ1) is 8.56. The van der Waals surface area contributed by atoms with Gasteiger partial charge in [-0.25, -0.2) is 4.98 Å². The molecular weight excluding hydrogens is 222 g/mol. The molecule has 3 heteroatoms. The van der Waals surface area contributed by atoms with Crippen molar-refractivity contribution in [2.75, 3.05) is 6.54 Å². The second kappa shape index (κ2) is 4.73. The lowest BCUT2D eigenvalue weighted by molar-refractivity contribution is 0.387.